The number of aliphatic hydroxyl groups excluding tert-OH is 1. The predicted molar refractivity (Wildman–Crippen MR) is 61.6 cm³/mol. The largest absolute Gasteiger partial charge is 0.396 e. The van der Waals surface area contributed by atoms with E-state index in [9.17, 15) is 0 Å². The van der Waals surface area contributed by atoms with Crippen molar-refractivity contribution in [2.24, 2.45) is 11.7 Å². The Morgan fingerprint density at radius 2 is 2.13 bits per heavy atom. The van der Waals surface area contributed by atoms with E-state index in [4.69, 9.17) is 10.8 Å². The molecular weight excluding hydrogens is 188 g/mol. The standard InChI is InChI=1S/C12H16N2O/c13-6-9(8-15)5-10-7-14-12-4-2-1-3-11(10)12/h1-4,7,9,14-15H,5-6,8,13H2. The van der Waals surface area contributed by atoms with Crippen LogP contribution in [0.2, 0.25) is 0 Å². The molecule has 0 bridgehead atoms. The lowest BCUT2D eigenvalue weighted by molar-refractivity contribution is 0.230. The number of nitrogens with two attached hydrogens (primary N) is 1. The van der Waals surface area contributed by atoms with Crippen molar-refractivity contribution in [2.45, 2.75) is 6.42 Å². The number of aromatic nitrogens is 1. The fourth-order valence-electron chi connectivity index (χ4n) is 1.83. The van der Waals surface area contributed by atoms with Crippen LogP contribution < -0.4 is 5.73 Å². The zero-order chi connectivity index (χ0) is 10.7. The maximum atomic E-state index is 9.11. The number of hydrogen-bond acceptors (Lipinski definition) is 2. The van der Waals surface area contributed by atoms with Gasteiger partial charge < -0.3 is 15.8 Å². The monoisotopic (exact) mass is 204 g/mol. The molecule has 0 saturated carbocycles. The molecule has 80 valence electrons. The lowest BCUT2D eigenvalue weighted by Crippen LogP contribution is -2.20. The molecule has 0 radical (unpaired) electrons. The van der Waals surface area contributed by atoms with E-state index in [0.29, 0.717) is 6.54 Å². The van der Waals surface area contributed by atoms with Gasteiger partial charge in [0.25, 0.3) is 0 Å². The van der Waals surface area contributed by atoms with Crippen molar-refractivity contribution in [3.05, 3.63) is 36.0 Å². The van der Waals surface area contributed by atoms with Gasteiger partial charge >= 0.3 is 0 Å². The second-order valence-corrected chi connectivity index (χ2v) is 3.85. The molecule has 0 saturated heterocycles. The van der Waals surface area contributed by atoms with Crippen LogP contribution in [0.1, 0.15) is 5.56 Å². The van der Waals surface area contributed by atoms with E-state index in [1.54, 1.807) is 0 Å². The SMILES string of the molecule is NCC(CO)Cc1c[nH]c2ccccc12. The molecule has 4 N–H and O–H groups in total. The summed E-state index contributed by atoms with van der Waals surface area (Å²) in [6, 6.07) is 8.17. The first-order chi connectivity index (χ1) is 7.35. The third-order valence-electron chi connectivity index (χ3n) is 2.78. The lowest BCUT2D eigenvalue weighted by Gasteiger charge is -2.09. The Morgan fingerprint density at radius 1 is 1.33 bits per heavy atom. The second kappa shape index (κ2) is 4.47. The van der Waals surface area contributed by atoms with Gasteiger partial charge in [0.2, 0.25) is 0 Å². The van der Waals surface area contributed by atoms with Crippen molar-refractivity contribution < 1.29 is 5.11 Å². The molecule has 2 aromatic rings. The van der Waals surface area contributed by atoms with Crippen molar-refractivity contribution in [2.75, 3.05) is 13.2 Å². The van der Waals surface area contributed by atoms with Crippen LogP contribution >= 0.6 is 0 Å². The minimum absolute atomic E-state index is 0.149. The average molecular weight is 204 g/mol. The van der Waals surface area contributed by atoms with Crippen LogP contribution in [-0.4, -0.2) is 23.2 Å². The highest BCUT2D eigenvalue weighted by atomic mass is 16.3. The topological polar surface area (TPSA) is 62.0 Å². The van der Waals surface area contributed by atoms with E-state index in [1.807, 2.05) is 18.3 Å². The molecule has 1 aromatic carbocycles. The summed E-state index contributed by atoms with van der Waals surface area (Å²) in [6.07, 6.45) is 2.83. The molecule has 1 unspecified atom stereocenters. The molecule has 1 heterocycles. The van der Waals surface area contributed by atoms with E-state index in [2.05, 4.69) is 17.1 Å². The van der Waals surface area contributed by atoms with E-state index in [1.165, 1.54) is 10.9 Å². The molecule has 2 rings (SSSR count). The fraction of sp³-hybridized carbons (Fsp3) is 0.333. The highest BCUT2D eigenvalue weighted by molar-refractivity contribution is 5.83. The number of aromatic amines is 1. The van der Waals surface area contributed by atoms with Crippen LogP contribution in [0.3, 0.4) is 0 Å². The summed E-state index contributed by atoms with van der Waals surface area (Å²) < 4.78 is 0. The summed E-state index contributed by atoms with van der Waals surface area (Å²) in [5, 5.41) is 10.3. The van der Waals surface area contributed by atoms with Crippen LogP contribution in [0.25, 0.3) is 10.9 Å². The first kappa shape index (κ1) is 10.2. The fourth-order valence-corrected chi connectivity index (χ4v) is 1.83. The van der Waals surface area contributed by atoms with Crippen molar-refractivity contribution in [1.82, 2.24) is 4.98 Å². The second-order valence-electron chi connectivity index (χ2n) is 3.85. The molecule has 1 atom stereocenters. The first-order valence-electron chi connectivity index (χ1n) is 5.21. The number of para-hydroxylation sites is 1. The molecule has 15 heavy (non-hydrogen) atoms. The Kier molecular flexibility index (Phi) is 3.04. The number of hydrogen-bond donors (Lipinski definition) is 3. The van der Waals surface area contributed by atoms with Gasteiger partial charge in [-0.25, -0.2) is 0 Å². The number of fused-ring (bicyclic) bond motifs is 1. The molecule has 1 aromatic heterocycles. The van der Waals surface area contributed by atoms with Gasteiger partial charge in [-0.05, 0) is 30.5 Å². The van der Waals surface area contributed by atoms with E-state index < -0.39 is 0 Å². The van der Waals surface area contributed by atoms with Crippen molar-refractivity contribution in [1.29, 1.82) is 0 Å². The molecule has 3 nitrogen and oxygen atoms in total. The molecule has 0 amide bonds. The summed E-state index contributed by atoms with van der Waals surface area (Å²) in [5.41, 5.74) is 7.95. The third-order valence-corrected chi connectivity index (χ3v) is 2.78. The summed E-state index contributed by atoms with van der Waals surface area (Å²) in [7, 11) is 0. The van der Waals surface area contributed by atoms with Gasteiger partial charge in [-0.15, -0.1) is 0 Å². The van der Waals surface area contributed by atoms with Crippen LogP contribution in [0.4, 0.5) is 0 Å². The smallest absolute Gasteiger partial charge is 0.0474 e. The Morgan fingerprint density at radius 3 is 2.87 bits per heavy atom. The minimum atomic E-state index is 0.149. The Labute approximate surface area is 88.9 Å². The number of H-pyrrole nitrogens is 1. The van der Waals surface area contributed by atoms with Crippen LogP contribution in [0.15, 0.2) is 30.5 Å². The maximum Gasteiger partial charge on any atom is 0.0474 e. The quantitative estimate of drug-likeness (QED) is 0.702. The van der Waals surface area contributed by atoms with Crippen molar-refractivity contribution in [3.8, 4) is 0 Å². The van der Waals surface area contributed by atoms with Gasteiger partial charge in [-0.1, -0.05) is 18.2 Å². The maximum absolute atomic E-state index is 9.11. The molecule has 3 heteroatoms. The highest BCUT2D eigenvalue weighted by Gasteiger charge is 2.09. The minimum Gasteiger partial charge on any atom is -0.396 e. The first-order valence-corrected chi connectivity index (χ1v) is 5.21. The third kappa shape index (κ3) is 2.03. The molecule has 0 aliphatic rings. The van der Waals surface area contributed by atoms with E-state index in [0.717, 1.165) is 11.9 Å². The van der Waals surface area contributed by atoms with Crippen molar-refractivity contribution in [3.63, 3.8) is 0 Å². The number of aliphatic hydroxyl groups is 1. The highest BCUT2D eigenvalue weighted by Crippen LogP contribution is 2.20. The normalized spacial score (nSPS) is 13.2. The molecule has 0 fully saturated rings. The average Bonchev–Trinajstić information content (AvgIpc) is 2.69. The Hall–Kier alpha value is -1.32. The zero-order valence-electron chi connectivity index (χ0n) is 8.61. The zero-order valence-corrected chi connectivity index (χ0v) is 8.61. The number of nitrogens with one attached hydrogen (secondary N) is 1. The van der Waals surface area contributed by atoms with E-state index in [-0.39, 0.29) is 12.5 Å². The van der Waals surface area contributed by atoms with Crippen molar-refractivity contribution >= 4 is 10.9 Å². The van der Waals surface area contributed by atoms with Gasteiger partial charge in [-0.3, -0.25) is 0 Å². The van der Waals surface area contributed by atoms with Crippen LogP contribution in [0, 0.1) is 5.92 Å². The molecule has 0 aliphatic heterocycles. The summed E-state index contributed by atoms with van der Waals surface area (Å²) in [4.78, 5) is 3.22. The summed E-state index contributed by atoms with van der Waals surface area (Å²) >= 11 is 0. The van der Waals surface area contributed by atoms with Gasteiger partial charge in [0.15, 0.2) is 0 Å². The van der Waals surface area contributed by atoms with Gasteiger partial charge in [0.1, 0.15) is 0 Å². The van der Waals surface area contributed by atoms with Crippen LogP contribution in [0.5, 0.6) is 0 Å². The van der Waals surface area contributed by atoms with Gasteiger partial charge in [0.05, 0.1) is 0 Å². The van der Waals surface area contributed by atoms with E-state index >= 15 is 0 Å². The Bertz CT molecular complexity index is 432. The lowest BCUT2D eigenvalue weighted by atomic mass is 10.00. The van der Waals surface area contributed by atoms with Gasteiger partial charge in [-0.2, -0.15) is 0 Å². The predicted octanol–water partition coefficient (Wildman–Crippen LogP) is 1.28. The number of benzene rings is 1. The summed E-state index contributed by atoms with van der Waals surface area (Å²) in [5.74, 6) is 0.157. The molecule has 0 aliphatic carbocycles. The summed E-state index contributed by atoms with van der Waals surface area (Å²) in [6.45, 7) is 0.673. The Balaban J connectivity index is 2.28. The van der Waals surface area contributed by atoms with Gasteiger partial charge in [0, 0.05) is 23.7 Å². The van der Waals surface area contributed by atoms with Crippen LogP contribution in [-0.2, 0) is 6.42 Å². The molecular formula is C12H16N2O. The number of rotatable bonds is 4. The molecule has 0 spiro atoms.